The van der Waals surface area contributed by atoms with Gasteiger partial charge in [0.05, 0.1) is 17.3 Å². The average Bonchev–Trinajstić information content (AvgIpc) is 3.67. The van der Waals surface area contributed by atoms with Crippen molar-refractivity contribution in [3.63, 3.8) is 0 Å². The van der Waals surface area contributed by atoms with E-state index in [1.54, 1.807) is 4.90 Å². The first-order chi connectivity index (χ1) is 22.3. The fourth-order valence-corrected chi connectivity index (χ4v) is 8.26. The smallest absolute Gasteiger partial charge is 0.318 e. The molecule has 1 saturated heterocycles. The van der Waals surface area contributed by atoms with Gasteiger partial charge in [-0.25, -0.2) is 6.57 Å². The molecule has 0 bridgehead atoms. The number of amides is 1. The van der Waals surface area contributed by atoms with Gasteiger partial charge in [0.15, 0.2) is 0 Å². The zero-order valence-electron chi connectivity index (χ0n) is 26.7. The molecule has 3 aromatic rings. The van der Waals surface area contributed by atoms with E-state index in [0.29, 0.717) is 38.2 Å². The highest BCUT2D eigenvalue weighted by atomic mass is 35.5. The van der Waals surface area contributed by atoms with Crippen LogP contribution in [0.25, 0.3) is 15.6 Å². The number of likely N-dealkylation sites (N-methyl/N-ethyl adjacent to an activating group) is 1. The van der Waals surface area contributed by atoms with Gasteiger partial charge in [-0.15, -0.1) is 0 Å². The Morgan fingerprint density at radius 3 is 2.70 bits per heavy atom. The van der Waals surface area contributed by atoms with Crippen molar-refractivity contribution >= 4 is 39.8 Å². The van der Waals surface area contributed by atoms with Crippen LogP contribution in [0, 0.1) is 18.4 Å². The number of rotatable bonds is 9. The van der Waals surface area contributed by atoms with Gasteiger partial charge in [-0.1, -0.05) is 42.4 Å². The van der Waals surface area contributed by atoms with Crippen molar-refractivity contribution in [1.29, 1.82) is 0 Å². The van der Waals surface area contributed by atoms with E-state index in [9.17, 15) is 4.79 Å². The predicted molar refractivity (Wildman–Crippen MR) is 182 cm³/mol. The van der Waals surface area contributed by atoms with Crippen LogP contribution >= 0.6 is 11.6 Å². The van der Waals surface area contributed by atoms with Crippen LogP contribution in [0.3, 0.4) is 0 Å². The summed E-state index contributed by atoms with van der Waals surface area (Å²) in [6, 6.07) is 13.1. The van der Waals surface area contributed by atoms with Crippen LogP contribution in [-0.4, -0.2) is 90.2 Å². The van der Waals surface area contributed by atoms with E-state index in [1.165, 1.54) is 25.3 Å². The Balaban J connectivity index is 1.19. The first-order valence-corrected chi connectivity index (χ1v) is 16.9. The van der Waals surface area contributed by atoms with Crippen LogP contribution in [0.4, 0.5) is 11.5 Å². The predicted octanol–water partition coefficient (Wildman–Crippen LogP) is 5.47. The van der Waals surface area contributed by atoms with Crippen LogP contribution < -0.4 is 14.5 Å². The maximum atomic E-state index is 12.6. The van der Waals surface area contributed by atoms with Gasteiger partial charge in [-0.2, -0.15) is 9.97 Å². The lowest BCUT2D eigenvalue weighted by molar-refractivity contribution is -0.128. The summed E-state index contributed by atoms with van der Waals surface area (Å²) in [6.45, 7) is 17.4. The van der Waals surface area contributed by atoms with Gasteiger partial charge < -0.3 is 24.3 Å². The minimum Gasteiger partial charge on any atom is -0.459 e. The maximum Gasteiger partial charge on any atom is 0.318 e. The number of piperazine rings is 1. The number of carbonyl (C=O) groups is 1. The van der Waals surface area contributed by atoms with Gasteiger partial charge in [-0.3, -0.25) is 9.69 Å². The zero-order valence-corrected chi connectivity index (χ0v) is 27.5. The van der Waals surface area contributed by atoms with Crippen LogP contribution in [0.15, 0.2) is 49.1 Å². The van der Waals surface area contributed by atoms with Crippen molar-refractivity contribution in [3.8, 4) is 6.01 Å². The molecule has 4 aliphatic rings. The van der Waals surface area contributed by atoms with E-state index in [-0.39, 0.29) is 24.6 Å². The molecule has 2 unspecified atom stereocenters. The third-order valence-electron chi connectivity index (χ3n) is 10.4. The molecule has 2 aromatic carbocycles. The second kappa shape index (κ2) is 12.7. The second-order valence-electron chi connectivity index (χ2n) is 13.5. The number of hydrogen-bond acceptors (Lipinski definition) is 7. The number of ether oxygens (including phenoxy) is 1. The number of benzene rings is 2. The summed E-state index contributed by atoms with van der Waals surface area (Å²) in [5.74, 6) is 2.59. The summed E-state index contributed by atoms with van der Waals surface area (Å²) in [5, 5.41) is 2.90. The summed E-state index contributed by atoms with van der Waals surface area (Å²) in [7, 11) is 2.21. The van der Waals surface area contributed by atoms with Gasteiger partial charge in [-0.05, 0) is 75.1 Å². The molecule has 1 amide bonds. The highest BCUT2D eigenvalue weighted by Crippen LogP contribution is 2.52. The molecule has 0 radical (unpaired) electrons. The van der Waals surface area contributed by atoms with E-state index in [2.05, 4.69) is 64.4 Å². The monoisotopic (exact) mass is 639 g/mol. The third-order valence-corrected chi connectivity index (χ3v) is 10.7. The van der Waals surface area contributed by atoms with E-state index in [0.717, 1.165) is 69.9 Å². The van der Waals surface area contributed by atoms with Gasteiger partial charge >= 0.3 is 6.01 Å². The molecular formula is C36H42ClN7O2. The fourth-order valence-electron chi connectivity index (χ4n) is 7.98. The van der Waals surface area contributed by atoms with Crippen LogP contribution in [-0.2, 0) is 17.8 Å². The minimum absolute atomic E-state index is 0.0821. The van der Waals surface area contributed by atoms with E-state index < -0.39 is 0 Å². The lowest BCUT2D eigenvalue weighted by Gasteiger charge is -2.41. The number of anilines is 2. The zero-order chi connectivity index (χ0) is 31.9. The van der Waals surface area contributed by atoms with Crippen molar-refractivity contribution in [2.24, 2.45) is 11.8 Å². The van der Waals surface area contributed by atoms with Crippen molar-refractivity contribution in [3.05, 3.63) is 76.8 Å². The molecule has 240 valence electrons. The van der Waals surface area contributed by atoms with Crippen LogP contribution in [0.2, 0.25) is 5.02 Å². The Morgan fingerprint density at radius 2 is 1.93 bits per heavy atom. The topological polar surface area (TPSA) is 69.4 Å². The molecule has 4 atom stereocenters. The second-order valence-corrected chi connectivity index (χ2v) is 13.9. The lowest BCUT2D eigenvalue weighted by Crippen LogP contribution is -2.56. The molecule has 46 heavy (non-hydrogen) atoms. The molecule has 2 saturated carbocycles. The Morgan fingerprint density at radius 1 is 1.15 bits per heavy atom. The number of nitrogens with zero attached hydrogens (tertiary/aromatic N) is 7. The quantitative estimate of drug-likeness (QED) is 0.227. The Bertz CT molecular complexity index is 1680. The maximum absolute atomic E-state index is 12.6. The van der Waals surface area contributed by atoms with E-state index in [4.69, 9.17) is 32.9 Å². The molecular weight excluding hydrogens is 598 g/mol. The summed E-state index contributed by atoms with van der Waals surface area (Å²) < 4.78 is 6.51. The molecule has 2 aliphatic carbocycles. The number of fused-ring (bicyclic) bond motifs is 3. The number of halogens is 1. The van der Waals surface area contributed by atoms with Crippen molar-refractivity contribution in [2.75, 3.05) is 56.1 Å². The summed E-state index contributed by atoms with van der Waals surface area (Å²) in [6.07, 6.45) is 6.03. The molecule has 0 N–H and O–H groups in total. The largest absolute Gasteiger partial charge is 0.459 e. The number of hydrogen-bond donors (Lipinski definition) is 0. The Labute approximate surface area is 276 Å². The molecule has 9 nitrogen and oxygen atoms in total. The molecule has 3 heterocycles. The van der Waals surface area contributed by atoms with E-state index >= 15 is 0 Å². The fraction of sp³-hybridized carbons (Fsp3) is 0.500. The van der Waals surface area contributed by atoms with Crippen molar-refractivity contribution < 1.29 is 9.53 Å². The molecule has 7 rings (SSSR count). The van der Waals surface area contributed by atoms with Crippen molar-refractivity contribution in [2.45, 2.75) is 57.3 Å². The number of carbonyl (C=O) groups excluding carboxylic acids is 1. The van der Waals surface area contributed by atoms with Crippen LogP contribution in [0.5, 0.6) is 6.01 Å². The first kappa shape index (κ1) is 30.8. The van der Waals surface area contributed by atoms with Gasteiger partial charge in [0.25, 0.3) is 0 Å². The molecule has 10 heteroatoms. The average molecular weight is 640 g/mol. The highest BCUT2D eigenvalue weighted by Gasteiger charge is 2.47. The van der Waals surface area contributed by atoms with Gasteiger partial charge in [0, 0.05) is 55.4 Å². The molecule has 2 aliphatic heterocycles. The lowest BCUT2D eigenvalue weighted by atomic mass is 10.0. The summed E-state index contributed by atoms with van der Waals surface area (Å²) in [4.78, 5) is 35.2. The summed E-state index contributed by atoms with van der Waals surface area (Å²) >= 11 is 6.74. The third kappa shape index (κ3) is 6.01. The Kier molecular flexibility index (Phi) is 8.51. The summed E-state index contributed by atoms with van der Waals surface area (Å²) in [5.41, 5.74) is 3.14. The normalized spacial score (nSPS) is 24.4. The van der Waals surface area contributed by atoms with E-state index in [1.807, 2.05) is 12.1 Å². The molecule has 3 fully saturated rings. The Hall–Kier alpha value is -3.87. The van der Waals surface area contributed by atoms with Gasteiger partial charge in [0.2, 0.25) is 12.5 Å². The molecule has 1 aromatic heterocycles. The molecule has 0 spiro atoms. The first-order valence-electron chi connectivity index (χ1n) is 16.5. The minimum atomic E-state index is -0.241. The SMILES string of the molecule is [C-]#[N+]C[C@H]1CN(c2nc(O[C@@H](C)CN(C)C3CC4CC4C3)nc3c2CCN(c2cccc4cccc(Cl)c24)C3)CCN1C(=O)C=C. The van der Waals surface area contributed by atoms with Gasteiger partial charge in [0.1, 0.15) is 18.0 Å². The highest BCUT2D eigenvalue weighted by molar-refractivity contribution is 6.36. The van der Waals surface area contributed by atoms with Crippen LogP contribution in [0.1, 0.15) is 37.4 Å². The van der Waals surface area contributed by atoms with Crippen molar-refractivity contribution in [1.82, 2.24) is 19.8 Å². The number of aromatic nitrogens is 2. The standard InChI is InChI=1S/C36H42ClN7O2/c1-5-33(45)44-15-14-43(21-28(44)19-38-3)35-29-12-13-42(32-11-7-9-24-8-6-10-30(37)34(24)32)22-31(29)39-36(40-35)46-23(2)20-41(4)27-17-25-16-26(25)18-27/h5-11,23,25-28H,1,12-22H2,2,4H3/t23-,25?,26?,27?,28-/m0/s1.